The van der Waals surface area contributed by atoms with E-state index >= 15 is 0 Å². The van der Waals surface area contributed by atoms with Gasteiger partial charge >= 0.3 is 0 Å². The van der Waals surface area contributed by atoms with E-state index in [9.17, 15) is 9.90 Å². The van der Waals surface area contributed by atoms with E-state index in [1.165, 1.54) is 5.56 Å². The van der Waals surface area contributed by atoms with Gasteiger partial charge < -0.3 is 20.3 Å². The van der Waals surface area contributed by atoms with Crippen LogP contribution in [0.5, 0.6) is 11.5 Å². The van der Waals surface area contributed by atoms with Crippen molar-refractivity contribution in [1.29, 1.82) is 0 Å². The lowest BCUT2D eigenvalue weighted by Gasteiger charge is -2.26. The van der Waals surface area contributed by atoms with Crippen molar-refractivity contribution in [3.63, 3.8) is 0 Å². The molecule has 0 saturated heterocycles. The number of aliphatic hydroxyl groups excluding tert-OH is 1. The average molecular weight is 477 g/mol. The molecule has 3 aromatic rings. The van der Waals surface area contributed by atoms with Crippen LogP contribution in [0.25, 0.3) is 0 Å². The highest BCUT2D eigenvalue weighted by Crippen LogP contribution is 2.22. The highest BCUT2D eigenvalue weighted by Gasteiger charge is 2.31. The predicted octanol–water partition coefficient (Wildman–Crippen LogP) is 4.20. The number of nitrogens with two attached hydrogens (primary N) is 1. The molecule has 0 bridgehead atoms. The van der Waals surface area contributed by atoms with E-state index in [0.29, 0.717) is 18.7 Å². The Hall–Kier alpha value is -3.35. The zero-order valence-corrected chi connectivity index (χ0v) is 20.6. The monoisotopic (exact) mass is 476 g/mol. The Morgan fingerprint density at radius 2 is 1.57 bits per heavy atom. The van der Waals surface area contributed by atoms with E-state index in [2.05, 4.69) is 17.0 Å². The Balaban J connectivity index is 1.59. The number of carbonyl (C=O) groups excluding carboxylic acids is 1. The topological polar surface area (TPSA) is 85.0 Å². The first-order chi connectivity index (χ1) is 16.9. The van der Waals surface area contributed by atoms with Crippen molar-refractivity contribution < 1.29 is 19.4 Å². The first-order valence-corrected chi connectivity index (χ1v) is 12.1. The van der Waals surface area contributed by atoms with Gasteiger partial charge in [0.25, 0.3) is 5.91 Å². The van der Waals surface area contributed by atoms with E-state index in [-0.39, 0.29) is 6.61 Å². The van der Waals surface area contributed by atoms with Gasteiger partial charge in [0.05, 0.1) is 0 Å². The summed E-state index contributed by atoms with van der Waals surface area (Å²) in [5.74, 6) is 0.890. The Morgan fingerprint density at radius 3 is 2.17 bits per heavy atom. The van der Waals surface area contributed by atoms with Crippen molar-refractivity contribution in [2.75, 3.05) is 19.7 Å². The molecule has 2 atom stereocenters. The lowest BCUT2D eigenvalue weighted by molar-refractivity contribution is -0.132. The highest BCUT2D eigenvalue weighted by atomic mass is 16.5. The first kappa shape index (κ1) is 26.3. The van der Waals surface area contributed by atoms with Gasteiger partial charge in [-0.1, -0.05) is 67.6 Å². The van der Waals surface area contributed by atoms with Crippen LogP contribution in [0.15, 0.2) is 84.9 Å². The number of aliphatic hydroxyl groups is 1. The van der Waals surface area contributed by atoms with Crippen molar-refractivity contribution in [3.05, 3.63) is 96.1 Å². The Kier molecular flexibility index (Phi) is 9.70. The molecule has 0 aliphatic carbocycles. The van der Waals surface area contributed by atoms with Crippen molar-refractivity contribution in [3.8, 4) is 11.5 Å². The molecular formula is C29H36N2O4. The number of hydrogen-bond donors (Lipinski definition) is 2. The molecule has 0 fully saturated rings. The molecular weight excluding hydrogens is 440 g/mol. The normalized spacial score (nSPS) is 13.7. The lowest BCUT2D eigenvalue weighted by Crippen LogP contribution is -2.45. The minimum Gasteiger partial charge on any atom is -0.491 e. The van der Waals surface area contributed by atoms with Crippen LogP contribution in [-0.4, -0.2) is 47.3 Å². The van der Waals surface area contributed by atoms with Gasteiger partial charge in [0.2, 0.25) is 0 Å². The highest BCUT2D eigenvalue weighted by molar-refractivity contribution is 5.83. The summed E-state index contributed by atoms with van der Waals surface area (Å²) in [5.41, 5.74) is 6.81. The van der Waals surface area contributed by atoms with E-state index in [0.717, 1.165) is 30.8 Å². The number of benzene rings is 3. The maximum atomic E-state index is 11.7. The average Bonchev–Trinajstić information content (AvgIpc) is 2.88. The molecule has 0 saturated carbocycles. The summed E-state index contributed by atoms with van der Waals surface area (Å²) in [6.45, 7) is 5.81. The number of primary amides is 1. The molecule has 0 radical (unpaired) electrons. The molecule has 6 nitrogen and oxygen atoms in total. The standard InChI is InChI=1S/C29H36N2O4/c1-3-29(2,28(30)33)35-27-16-14-23(15-17-27)18-19-31(20-24-10-6-4-7-11-24)21-25(32)22-34-26-12-8-5-9-13-26/h4-17,25,32H,3,18-22H2,1-2H3,(H2,30,33). The molecule has 0 heterocycles. The van der Waals surface area contributed by atoms with Gasteiger partial charge in [-0.05, 0) is 55.2 Å². The minimum absolute atomic E-state index is 0.234. The third-order valence-corrected chi connectivity index (χ3v) is 6.08. The second-order valence-electron chi connectivity index (χ2n) is 8.94. The van der Waals surface area contributed by atoms with Crippen LogP contribution in [0.2, 0.25) is 0 Å². The fraction of sp³-hybridized carbons (Fsp3) is 0.345. The first-order valence-electron chi connectivity index (χ1n) is 12.1. The van der Waals surface area contributed by atoms with Gasteiger partial charge in [-0.15, -0.1) is 0 Å². The SMILES string of the molecule is CCC(C)(Oc1ccc(CCN(Cc2ccccc2)CC(O)COc2ccccc2)cc1)C(N)=O. The van der Waals surface area contributed by atoms with E-state index in [1.54, 1.807) is 6.92 Å². The fourth-order valence-electron chi connectivity index (χ4n) is 3.70. The van der Waals surface area contributed by atoms with Crippen LogP contribution in [0.4, 0.5) is 0 Å². The molecule has 2 unspecified atom stereocenters. The van der Waals surface area contributed by atoms with E-state index in [4.69, 9.17) is 15.2 Å². The number of amides is 1. The molecule has 0 spiro atoms. The number of hydrogen-bond acceptors (Lipinski definition) is 5. The fourth-order valence-corrected chi connectivity index (χ4v) is 3.70. The molecule has 0 aliphatic heterocycles. The molecule has 3 aromatic carbocycles. The van der Waals surface area contributed by atoms with Crippen molar-refractivity contribution in [2.24, 2.45) is 5.73 Å². The largest absolute Gasteiger partial charge is 0.491 e. The molecule has 186 valence electrons. The van der Waals surface area contributed by atoms with Crippen LogP contribution in [-0.2, 0) is 17.8 Å². The van der Waals surface area contributed by atoms with Crippen molar-refractivity contribution >= 4 is 5.91 Å². The molecule has 0 aromatic heterocycles. The summed E-state index contributed by atoms with van der Waals surface area (Å²) in [6.07, 6.45) is 0.685. The number of carbonyl (C=O) groups is 1. The second kappa shape index (κ2) is 12.9. The summed E-state index contributed by atoms with van der Waals surface area (Å²) in [6, 6.07) is 27.5. The number of ether oxygens (including phenoxy) is 2. The molecule has 1 amide bonds. The van der Waals surface area contributed by atoms with Crippen LogP contribution in [0.1, 0.15) is 31.4 Å². The van der Waals surface area contributed by atoms with E-state index < -0.39 is 17.6 Å². The van der Waals surface area contributed by atoms with Gasteiger partial charge in [0.15, 0.2) is 5.60 Å². The summed E-state index contributed by atoms with van der Waals surface area (Å²) >= 11 is 0. The summed E-state index contributed by atoms with van der Waals surface area (Å²) in [4.78, 5) is 14.0. The summed E-state index contributed by atoms with van der Waals surface area (Å²) in [5, 5.41) is 10.6. The molecule has 3 N–H and O–H groups in total. The van der Waals surface area contributed by atoms with Crippen molar-refractivity contribution in [2.45, 2.75) is 44.9 Å². The minimum atomic E-state index is -1.02. The van der Waals surface area contributed by atoms with Gasteiger partial charge in [-0.3, -0.25) is 9.69 Å². The second-order valence-corrected chi connectivity index (χ2v) is 8.94. The van der Waals surface area contributed by atoms with Gasteiger partial charge in [-0.25, -0.2) is 0 Å². The third kappa shape index (κ3) is 8.42. The molecule has 35 heavy (non-hydrogen) atoms. The van der Waals surface area contributed by atoms with Crippen molar-refractivity contribution in [1.82, 2.24) is 4.90 Å². The molecule has 6 heteroatoms. The Bertz CT molecular complexity index is 1030. The van der Waals surface area contributed by atoms with Crippen LogP contribution < -0.4 is 15.2 Å². The maximum Gasteiger partial charge on any atom is 0.261 e. The summed E-state index contributed by atoms with van der Waals surface area (Å²) < 4.78 is 11.6. The number of para-hydroxylation sites is 1. The number of rotatable bonds is 14. The zero-order valence-electron chi connectivity index (χ0n) is 20.6. The zero-order chi connectivity index (χ0) is 25.1. The Labute approximate surface area is 208 Å². The smallest absolute Gasteiger partial charge is 0.261 e. The van der Waals surface area contributed by atoms with Crippen LogP contribution >= 0.6 is 0 Å². The third-order valence-electron chi connectivity index (χ3n) is 6.08. The van der Waals surface area contributed by atoms with Gasteiger partial charge in [-0.2, -0.15) is 0 Å². The lowest BCUT2D eigenvalue weighted by atomic mass is 10.0. The predicted molar refractivity (Wildman–Crippen MR) is 138 cm³/mol. The number of nitrogens with zero attached hydrogens (tertiary/aromatic N) is 1. The maximum absolute atomic E-state index is 11.7. The van der Waals surface area contributed by atoms with Gasteiger partial charge in [0.1, 0.15) is 24.2 Å². The summed E-state index contributed by atoms with van der Waals surface area (Å²) in [7, 11) is 0. The van der Waals surface area contributed by atoms with E-state index in [1.807, 2.05) is 79.7 Å². The molecule has 0 aliphatic rings. The van der Waals surface area contributed by atoms with Crippen LogP contribution in [0.3, 0.4) is 0 Å². The molecule has 3 rings (SSSR count). The van der Waals surface area contributed by atoms with Crippen LogP contribution in [0, 0.1) is 0 Å². The Morgan fingerprint density at radius 1 is 0.943 bits per heavy atom. The quantitative estimate of drug-likeness (QED) is 0.364. The van der Waals surface area contributed by atoms with Gasteiger partial charge in [0, 0.05) is 19.6 Å².